The van der Waals surface area contributed by atoms with Crippen LogP contribution in [0.2, 0.25) is 0 Å². The lowest BCUT2D eigenvalue weighted by atomic mass is 10.0. The topological polar surface area (TPSA) is 29.1 Å². The molecular weight excluding hydrogens is 138 g/mol. The number of hydrogen-bond donors (Lipinski definition) is 1. The van der Waals surface area contributed by atoms with Gasteiger partial charge < -0.3 is 10.1 Å². The van der Waals surface area contributed by atoms with Crippen LogP contribution in [0.3, 0.4) is 0 Å². The summed E-state index contributed by atoms with van der Waals surface area (Å²) in [6, 6.07) is -0.0157. The molecule has 64 valence electrons. The van der Waals surface area contributed by atoms with Gasteiger partial charge in [0.15, 0.2) is 0 Å². The minimum atomic E-state index is -0.0157. The Balaban J connectivity index is 3.73. The fourth-order valence-electron chi connectivity index (χ4n) is 0.857. The van der Waals surface area contributed by atoms with Crippen molar-refractivity contribution in [3.8, 4) is 0 Å². The molecule has 2 heteroatoms. The molecule has 0 aliphatic carbocycles. The molecule has 0 bridgehead atoms. The van der Waals surface area contributed by atoms with Gasteiger partial charge in [-0.2, -0.15) is 0 Å². The standard InChI is InChI=1S/C9H17NO/c1-4-6-10-9(7-11)8(3)5-2/h4,7-10H,1,5-6H2,2-3H3. The van der Waals surface area contributed by atoms with Crippen LogP contribution in [0.25, 0.3) is 0 Å². The van der Waals surface area contributed by atoms with Gasteiger partial charge in [0, 0.05) is 6.54 Å². The molecule has 0 saturated carbocycles. The lowest BCUT2D eigenvalue weighted by Crippen LogP contribution is -2.36. The minimum absolute atomic E-state index is 0.0157. The number of hydrogen-bond acceptors (Lipinski definition) is 2. The Morgan fingerprint density at radius 2 is 2.27 bits per heavy atom. The highest BCUT2D eigenvalue weighted by molar-refractivity contribution is 5.58. The van der Waals surface area contributed by atoms with E-state index in [1.54, 1.807) is 6.08 Å². The average molecular weight is 155 g/mol. The van der Waals surface area contributed by atoms with E-state index < -0.39 is 0 Å². The molecule has 1 N–H and O–H groups in total. The maximum Gasteiger partial charge on any atom is 0.137 e. The first-order valence-corrected chi connectivity index (χ1v) is 4.05. The Morgan fingerprint density at radius 1 is 1.64 bits per heavy atom. The van der Waals surface area contributed by atoms with Crippen LogP contribution in [-0.2, 0) is 4.79 Å². The van der Waals surface area contributed by atoms with E-state index in [1.165, 1.54) is 0 Å². The quantitative estimate of drug-likeness (QED) is 0.463. The van der Waals surface area contributed by atoms with Crippen LogP contribution in [0.5, 0.6) is 0 Å². The van der Waals surface area contributed by atoms with E-state index in [2.05, 4.69) is 25.7 Å². The zero-order valence-corrected chi connectivity index (χ0v) is 7.34. The summed E-state index contributed by atoms with van der Waals surface area (Å²) in [6.45, 7) is 8.42. The Hall–Kier alpha value is -0.630. The molecule has 2 atom stereocenters. The number of carbonyl (C=O) groups is 1. The number of carbonyl (C=O) groups excluding carboxylic acids is 1. The van der Waals surface area contributed by atoms with Crippen LogP contribution in [0.4, 0.5) is 0 Å². The second kappa shape index (κ2) is 6.10. The maximum absolute atomic E-state index is 10.5. The summed E-state index contributed by atoms with van der Waals surface area (Å²) < 4.78 is 0. The van der Waals surface area contributed by atoms with Gasteiger partial charge in [-0.1, -0.05) is 26.3 Å². The van der Waals surface area contributed by atoms with Crippen molar-refractivity contribution in [2.24, 2.45) is 5.92 Å². The van der Waals surface area contributed by atoms with Crippen molar-refractivity contribution in [1.29, 1.82) is 0 Å². The third-order valence-electron chi connectivity index (χ3n) is 1.90. The monoisotopic (exact) mass is 155 g/mol. The van der Waals surface area contributed by atoms with Gasteiger partial charge in [0.05, 0.1) is 6.04 Å². The van der Waals surface area contributed by atoms with Crippen LogP contribution in [0, 0.1) is 5.92 Å². The Kier molecular flexibility index (Phi) is 5.75. The van der Waals surface area contributed by atoms with Gasteiger partial charge in [-0.3, -0.25) is 0 Å². The summed E-state index contributed by atoms with van der Waals surface area (Å²) in [6.07, 6.45) is 3.75. The summed E-state index contributed by atoms with van der Waals surface area (Å²) in [5, 5.41) is 3.08. The molecule has 0 amide bonds. The highest BCUT2D eigenvalue weighted by Crippen LogP contribution is 2.04. The molecule has 0 rings (SSSR count). The van der Waals surface area contributed by atoms with Crippen LogP contribution < -0.4 is 5.32 Å². The molecule has 0 spiro atoms. The first-order chi connectivity index (χ1) is 5.26. The van der Waals surface area contributed by atoms with Crippen molar-refractivity contribution in [3.05, 3.63) is 12.7 Å². The van der Waals surface area contributed by atoms with Gasteiger partial charge in [0.2, 0.25) is 0 Å². The van der Waals surface area contributed by atoms with Crippen LogP contribution >= 0.6 is 0 Å². The zero-order valence-electron chi connectivity index (χ0n) is 7.34. The third kappa shape index (κ3) is 3.94. The third-order valence-corrected chi connectivity index (χ3v) is 1.90. The van der Waals surface area contributed by atoms with Crippen LogP contribution in [0.1, 0.15) is 20.3 Å². The van der Waals surface area contributed by atoms with E-state index in [0.717, 1.165) is 12.7 Å². The Labute approximate surface area is 68.7 Å². The van der Waals surface area contributed by atoms with Crippen molar-refractivity contribution in [2.45, 2.75) is 26.3 Å². The fraction of sp³-hybridized carbons (Fsp3) is 0.667. The van der Waals surface area contributed by atoms with Crippen molar-refractivity contribution in [2.75, 3.05) is 6.54 Å². The summed E-state index contributed by atoms with van der Waals surface area (Å²) in [4.78, 5) is 10.5. The Bertz CT molecular complexity index is 123. The van der Waals surface area contributed by atoms with Gasteiger partial charge >= 0.3 is 0 Å². The molecule has 0 aromatic heterocycles. The van der Waals surface area contributed by atoms with Gasteiger partial charge in [-0.25, -0.2) is 0 Å². The molecular formula is C9H17NO. The van der Waals surface area contributed by atoms with Gasteiger partial charge in [0.1, 0.15) is 6.29 Å². The smallest absolute Gasteiger partial charge is 0.137 e. The van der Waals surface area contributed by atoms with Crippen molar-refractivity contribution in [1.82, 2.24) is 5.32 Å². The van der Waals surface area contributed by atoms with Gasteiger partial charge in [-0.05, 0) is 5.92 Å². The molecule has 0 aromatic rings. The summed E-state index contributed by atoms with van der Waals surface area (Å²) in [7, 11) is 0. The molecule has 0 aliphatic rings. The van der Waals surface area contributed by atoms with Crippen molar-refractivity contribution < 1.29 is 4.79 Å². The van der Waals surface area contributed by atoms with E-state index in [4.69, 9.17) is 0 Å². The second-order valence-corrected chi connectivity index (χ2v) is 2.74. The van der Waals surface area contributed by atoms with Crippen LogP contribution in [0.15, 0.2) is 12.7 Å². The molecule has 0 saturated heterocycles. The lowest BCUT2D eigenvalue weighted by Gasteiger charge is -2.17. The lowest BCUT2D eigenvalue weighted by molar-refractivity contribution is -0.110. The number of rotatable bonds is 6. The average Bonchev–Trinajstić information content (AvgIpc) is 2.05. The SMILES string of the molecule is C=CCNC(C=O)C(C)CC. The van der Waals surface area contributed by atoms with Crippen molar-refractivity contribution >= 4 is 6.29 Å². The molecule has 2 nitrogen and oxygen atoms in total. The molecule has 0 radical (unpaired) electrons. The fourth-order valence-corrected chi connectivity index (χ4v) is 0.857. The van der Waals surface area contributed by atoms with E-state index in [9.17, 15) is 4.79 Å². The number of aldehydes is 1. The first kappa shape index (κ1) is 10.4. The Morgan fingerprint density at radius 3 is 2.64 bits per heavy atom. The predicted octanol–water partition coefficient (Wildman–Crippen LogP) is 1.38. The van der Waals surface area contributed by atoms with Gasteiger partial charge in [-0.15, -0.1) is 6.58 Å². The van der Waals surface area contributed by atoms with Gasteiger partial charge in [0.25, 0.3) is 0 Å². The molecule has 0 fully saturated rings. The normalized spacial score (nSPS) is 15.5. The molecule has 11 heavy (non-hydrogen) atoms. The molecule has 0 heterocycles. The predicted molar refractivity (Wildman–Crippen MR) is 47.5 cm³/mol. The zero-order chi connectivity index (χ0) is 8.69. The van der Waals surface area contributed by atoms with E-state index in [1.807, 2.05) is 0 Å². The molecule has 0 aromatic carbocycles. The minimum Gasteiger partial charge on any atom is -0.304 e. The summed E-state index contributed by atoms with van der Waals surface area (Å²) >= 11 is 0. The van der Waals surface area contributed by atoms with Crippen molar-refractivity contribution in [3.63, 3.8) is 0 Å². The highest BCUT2D eigenvalue weighted by atomic mass is 16.1. The first-order valence-electron chi connectivity index (χ1n) is 4.05. The largest absolute Gasteiger partial charge is 0.304 e. The molecule has 0 aliphatic heterocycles. The highest BCUT2D eigenvalue weighted by Gasteiger charge is 2.12. The second-order valence-electron chi connectivity index (χ2n) is 2.74. The van der Waals surface area contributed by atoms with E-state index >= 15 is 0 Å². The molecule has 2 unspecified atom stereocenters. The number of nitrogens with one attached hydrogen (secondary N) is 1. The van der Waals surface area contributed by atoms with E-state index in [0.29, 0.717) is 12.5 Å². The van der Waals surface area contributed by atoms with E-state index in [-0.39, 0.29) is 6.04 Å². The summed E-state index contributed by atoms with van der Waals surface area (Å²) in [5.41, 5.74) is 0. The summed E-state index contributed by atoms with van der Waals surface area (Å²) in [5.74, 6) is 0.410. The van der Waals surface area contributed by atoms with Crippen LogP contribution in [-0.4, -0.2) is 18.9 Å². The maximum atomic E-state index is 10.5.